The third kappa shape index (κ3) is 10.4. The van der Waals surface area contributed by atoms with E-state index in [-0.39, 0.29) is 103 Å². The molecule has 2 aliphatic carbocycles. The minimum Gasteiger partial charge on any atom is -0.693 e. The Bertz CT molecular complexity index is 1250. The number of aromatic carboxylic acids is 1. The van der Waals surface area contributed by atoms with Crippen molar-refractivity contribution in [2.45, 2.75) is 6.10 Å². The van der Waals surface area contributed by atoms with Gasteiger partial charge in [-0.05, 0) is 49.1 Å². The second-order valence-corrected chi connectivity index (χ2v) is 13.1. The number of carboxylic acids is 1. The van der Waals surface area contributed by atoms with E-state index in [0.717, 1.165) is 5.34 Å². The molecule has 19 heteroatoms. The average molecular weight is 1040 g/mol. The minimum absolute atomic E-state index is 0. The predicted octanol–water partition coefficient (Wildman–Crippen LogP) is 0.615. The number of nitrogens with zero attached hydrogens (tertiary/aromatic N) is 1. The number of halogens is 6. The second-order valence-electron chi connectivity index (χ2n) is 6.50. The fourth-order valence-electron chi connectivity index (χ4n) is 3.51. The number of allylic oxidation sites excluding steroid dienone is 4. The van der Waals surface area contributed by atoms with Gasteiger partial charge >= 0.3 is 94.4 Å². The Balaban J connectivity index is -0.00000119. The van der Waals surface area contributed by atoms with Crippen LogP contribution in [-0.4, -0.2) is 17.9 Å². The number of ether oxygens (including phenoxy) is 1. The molecule has 0 spiro atoms. The van der Waals surface area contributed by atoms with Gasteiger partial charge in [0.25, 0.3) is 0 Å². The van der Waals surface area contributed by atoms with Crippen LogP contribution in [0.2, 0.25) is 0 Å². The molecule has 0 bridgehead atoms. The summed E-state index contributed by atoms with van der Waals surface area (Å²) in [6.07, 6.45) is 2.54. The van der Waals surface area contributed by atoms with E-state index in [1.165, 1.54) is 6.07 Å². The summed E-state index contributed by atoms with van der Waals surface area (Å²) in [6, 6.07) is 6.46. The van der Waals surface area contributed by atoms with Crippen LogP contribution in [0.1, 0.15) is 15.9 Å². The molecule has 0 fully saturated rings. The molecule has 4 rings (SSSR count). The number of carbonyl (C=O) groups is 2. The van der Waals surface area contributed by atoms with Crippen LogP contribution in [0, 0.1) is 16.0 Å². The molecule has 0 saturated carbocycles. The van der Waals surface area contributed by atoms with Crippen molar-refractivity contribution in [1.29, 1.82) is 0 Å². The fourth-order valence-corrected chi connectivity index (χ4v) is 6.08. The van der Waals surface area contributed by atoms with Crippen molar-refractivity contribution in [3.8, 4) is 0 Å². The Morgan fingerprint density at radius 1 is 1.05 bits per heavy atom. The van der Waals surface area contributed by atoms with Gasteiger partial charge in [0.05, 0.1) is 10.5 Å². The zero-order valence-electron chi connectivity index (χ0n) is 19.7. The van der Waals surface area contributed by atoms with Crippen LogP contribution >= 0.6 is 82.6 Å². The maximum Gasteiger partial charge on any atom is 1.00 e. The predicted molar refractivity (Wildman–Crippen MR) is 148 cm³/mol. The van der Waals surface area contributed by atoms with Gasteiger partial charge in [0.2, 0.25) is 5.78 Å². The van der Waals surface area contributed by atoms with Crippen molar-refractivity contribution < 1.29 is 100 Å². The van der Waals surface area contributed by atoms with Crippen LogP contribution in [-0.2, 0) is 26.0 Å². The van der Waals surface area contributed by atoms with Crippen molar-refractivity contribution in [2.75, 3.05) is 0 Å². The van der Waals surface area contributed by atoms with Crippen molar-refractivity contribution in [3.63, 3.8) is 0 Å². The van der Waals surface area contributed by atoms with E-state index in [1.54, 1.807) is 30.4 Å². The van der Waals surface area contributed by atoms with E-state index in [1.807, 2.05) is 0 Å². The van der Waals surface area contributed by atoms with Gasteiger partial charge in [-0.3, -0.25) is 4.79 Å². The summed E-state index contributed by atoms with van der Waals surface area (Å²) in [7, 11) is 9.75. The quantitative estimate of drug-likeness (QED) is 0.234. The summed E-state index contributed by atoms with van der Waals surface area (Å²) in [4.78, 5) is 32.2. The third-order valence-corrected chi connectivity index (χ3v) is 7.52. The molecule has 10 nitrogen and oxygen atoms in total. The van der Waals surface area contributed by atoms with Crippen LogP contribution in [0.25, 0.3) is 17.9 Å². The van der Waals surface area contributed by atoms with Crippen LogP contribution in [0.15, 0.2) is 76.8 Å². The molecular weight excluding hydrogens is 1030 g/mol. The number of ketones is 1. The number of hydrogen-bond donors (Lipinski definition) is 0. The van der Waals surface area contributed by atoms with E-state index in [4.69, 9.17) is 33.7 Å². The van der Waals surface area contributed by atoms with Crippen molar-refractivity contribution in [1.82, 2.24) is 0 Å². The zero-order valence-corrected chi connectivity index (χ0v) is 33.8. The second kappa shape index (κ2) is 21.0. The Hall–Kier alpha value is 1.17. The standard InChI is InChI=1S/C20H10Br4O5.2ClH.HNO2.2H2N.2Na.Pt/c21-11-5-9-13(7-3-1-2-4-8(7)20(27)28)10-6-12(22)17(26)15(24)19(10)29-18(9)14(23)16(11)25;;;2-1-3;;;;;/h1-6,9,18,25H,(H,27,28);2*1H;(H,2,3);2*1H2;;;/q;;;;2*-1;2*+1;+4/p-5. The molecule has 2 atom stereocenters. The first-order chi connectivity index (χ1) is 16.5. The van der Waals surface area contributed by atoms with E-state index in [0.29, 0.717) is 25.7 Å². The first kappa shape index (κ1) is 44.6. The van der Waals surface area contributed by atoms with Crippen LogP contribution < -0.4 is 69.3 Å². The third-order valence-electron chi connectivity index (χ3n) is 4.77. The van der Waals surface area contributed by atoms with E-state index >= 15 is 0 Å². The van der Waals surface area contributed by atoms with Gasteiger partial charge < -0.3 is 42.2 Å². The summed E-state index contributed by atoms with van der Waals surface area (Å²) >= 11 is 12.7. The van der Waals surface area contributed by atoms with E-state index in [9.17, 15) is 19.8 Å². The van der Waals surface area contributed by atoms with Gasteiger partial charge in [-0.2, -0.15) is 0 Å². The number of nitrogens with two attached hydrogens (primary N) is 2. The molecule has 0 amide bonds. The molecule has 39 heavy (non-hydrogen) atoms. The minimum atomic E-state index is -1.32. The van der Waals surface area contributed by atoms with Crippen LogP contribution in [0.3, 0.4) is 0 Å². The number of rotatable bonds is 2. The summed E-state index contributed by atoms with van der Waals surface area (Å²) in [6.45, 7) is 0. The maximum absolute atomic E-state index is 12.4. The topological polar surface area (TPSA) is 209 Å². The monoisotopic (exact) mass is 1030 g/mol. The Morgan fingerprint density at radius 2 is 1.56 bits per heavy atom. The van der Waals surface area contributed by atoms with Gasteiger partial charge in [-0.15, -0.1) is 5.34 Å². The van der Waals surface area contributed by atoms with Gasteiger partial charge in [-0.25, -0.2) is 0 Å². The van der Waals surface area contributed by atoms with E-state index in [2.05, 4.69) is 63.7 Å². The molecule has 2 unspecified atom stereocenters. The molecule has 1 heterocycles. The van der Waals surface area contributed by atoms with Crippen LogP contribution in [0.5, 0.6) is 0 Å². The fraction of sp³-hybridized carbons (Fsp3) is 0.100. The number of Topliss-reactive ketones (excluding diaryl/α,β-unsaturated/α-hetero) is 1. The first-order valence-corrected chi connectivity index (χ1v) is 17.6. The largest absolute Gasteiger partial charge is 1.00 e. The van der Waals surface area contributed by atoms with E-state index < -0.39 is 34.5 Å². The zero-order chi connectivity index (χ0) is 26.4. The summed E-state index contributed by atoms with van der Waals surface area (Å²) in [5.74, 6) is -2.16. The molecule has 1 aromatic carbocycles. The van der Waals surface area contributed by atoms with Crippen LogP contribution in [0.4, 0.5) is 0 Å². The average Bonchev–Trinajstić information content (AvgIpc) is 2.81. The molecule has 204 valence electrons. The number of hydrogen-bond acceptors (Lipinski definition) is 8. The van der Waals surface area contributed by atoms with Crippen molar-refractivity contribution >= 4 is 99.9 Å². The molecule has 4 N–H and O–H groups in total. The van der Waals surface area contributed by atoms with Gasteiger partial charge in [0, 0.05) is 26.0 Å². The first-order valence-electron chi connectivity index (χ1n) is 8.80. The number of fused-ring (bicyclic) bond motifs is 2. The van der Waals surface area contributed by atoms with Gasteiger partial charge in [0.1, 0.15) is 16.3 Å². The summed E-state index contributed by atoms with van der Waals surface area (Å²) in [5, 5.41) is 33.2. The maximum atomic E-state index is 12.4. The molecular formula is C20H12Br4Cl2N3Na2O7Pt-. The Labute approximate surface area is 317 Å². The molecule has 1 aromatic rings. The summed E-state index contributed by atoms with van der Waals surface area (Å²) in [5.41, 5.74) is 1.59. The molecule has 1 aliphatic heterocycles. The smallest absolute Gasteiger partial charge is 0.693 e. The number of carbonyl (C=O) groups excluding carboxylic acids is 2. The Kier molecular flexibility index (Phi) is 24.0. The Morgan fingerprint density at radius 3 is 2.08 bits per heavy atom. The molecule has 0 saturated heterocycles. The normalized spacial score (nSPS) is 18.7. The molecule has 0 aromatic heterocycles. The number of benzene rings is 1. The molecule has 3 aliphatic rings. The molecule has 0 radical (unpaired) electrons. The van der Waals surface area contributed by atoms with Crippen molar-refractivity contribution in [2.24, 2.45) is 11.3 Å². The van der Waals surface area contributed by atoms with Crippen molar-refractivity contribution in [3.05, 3.63) is 105 Å². The SMILES string of the molecule is O=C1C(Br)=CC2=C(c3ccccc3C(=O)[O-])C3C=C(Br)C([O-])=C(Br)C3OC2=C1Br.O=N[O-].[Cl][Pt+2][Cl].[NH2-].[NH2-].[Na+].[Na+]. The van der Waals surface area contributed by atoms with Gasteiger partial charge in [0.15, 0.2) is 0 Å². The van der Waals surface area contributed by atoms with Gasteiger partial charge in [-0.1, -0.05) is 68.0 Å². The summed E-state index contributed by atoms with van der Waals surface area (Å²) < 4.78 is 7.15. The number of carboxylic acid groups (broad SMARTS) is 1.